The summed E-state index contributed by atoms with van der Waals surface area (Å²) in [4.78, 5) is 25.0. The molecule has 2 aromatic heterocycles. The summed E-state index contributed by atoms with van der Waals surface area (Å²) in [6.45, 7) is 3.30. The number of aromatic nitrogens is 3. The minimum atomic E-state index is -0.0277. The fraction of sp³-hybridized carbons (Fsp3) is 0.250. The number of Topliss-reactive ketones (excluding diaryl/α,β-unsaturated/α-hetero) is 1. The largest absolute Gasteiger partial charge is 0.493 e. The third kappa shape index (κ3) is 3.35. The molecule has 0 unspecified atom stereocenters. The number of halogens is 1. The van der Waals surface area contributed by atoms with Gasteiger partial charge in [0.1, 0.15) is 5.82 Å². The van der Waals surface area contributed by atoms with Crippen molar-refractivity contribution in [3.05, 3.63) is 28.0 Å². The molecule has 0 aliphatic heterocycles. The van der Waals surface area contributed by atoms with Gasteiger partial charge in [-0.1, -0.05) is 11.3 Å². The van der Waals surface area contributed by atoms with Gasteiger partial charge in [-0.15, -0.1) is 0 Å². The number of rotatable bonds is 5. The minimum absolute atomic E-state index is 0.0277. The summed E-state index contributed by atoms with van der Waals surface area (Å²) >= 11 is 7.30. The van der Waals surface area contributed by atoms with E-state index in [4.69, 9.17) is 21.1 Å². The molecule has 0 amide bonds. The number of aryl methyl sites for hydroxylation is 1. The van der Waals surface area contributed by atoms with Crippen molar-refractivity contribution >= 4 is 50.6 Å². The molecule has 0 bridgehead atoms. The molecular formula is C16H15ClN4O3S. The first-order chi connectivity index (χ1) is 11.9. The van der Waals surface area contributed by atoms with Crippen molar-refractivity contribution in [2.75, 3.05) is 19.5 Å². The second-order valence-corrected chi connectivity index (χ2v) is 6.52. The highest BCUT2D eigenvalue weighted by molar-refractivity contribution is 7.17. The molecule has 3 rings (SSSR count). The molecule has 7 nitrogen and oxygen atoms in total. The first-order valence-corrected chi connectivity index (χ1v) is 8.47. The lowest BCUT2D eigenvalue weighted by molar-refractivity contribution is 0.102. The van der Waals surface area contributed by atoms with Crippen molar-refractivity contribution < 1.29 is 14.3 Å². The quantitative estimate of drug-likeness (QED) is 0.530. The van der Waals surface area contributed by atoms with Crippen molar-refractivity contribution in [2.24, 2.45) is 0 Å². The lowest BCUT2D eigenvalue weighted by Gasteiger charge is -2.11. The van der Waals surface area contributed by atoms with E-state index < -0.39 is 0 Å². The molecule has 0 saturated heterocycles. The molecule has 3 aromatic rings. The second kappa shape index (κ2) is 6.81. The van der Waals surface area contributed by atoms with Gasteiger partial charge >= 0.3 is 0 Å². The summed E-state index contributed by atoms with van der Waals surface area (Å²) in [6, 6.07) is 3.49. The number of hydrogen-bond acceptors (Lipinski definition) is 8. The Kier molecular flexibility index (Phi) is 4.73. The summed E-state index contributed by atoms with van der Waals surface area (Å²) in [5.41, 5.74) is 1.27. The van der Waals surface area contributed by atoms with Crippen LogP contribution in [0.15, 0.2) is 12.1 Å². The van der Waals surface area contributed by atoms with Gasteiger partial charge in [-0.2, -0.15) is 4.98 Å². The van der Waals surface area contributed by atoms with Crippen molar-refractivity contribution in [3.63, 3.8) is 0 Å². The fourth-order valence-electron chi connectivity index (χ4n) is 2.40. The van der Waals surface area contributed by atoms with Crippen molar-refractivity contribution in [1.82, 2.24) is 15.0 Å². The molecule has 2 heterocycles. The Morgan fingerprint density at radius 3 is 2.44 bits per heavy atom. The molecule has 0 saturated carbocycles. The van der Waals surface area contributed by atoms with Crippen LogP contribution in [0.5, 0.6) is 11.5 Å². The van der Waals surface area contributed by atoms with E-state index in [1.54, 1.807) is 33.3 Å². The van der Waals surface area contributed by atoms with Gasteiger partial charge in [0.05, 0.1) is 30.3 Å². The van der Waals surface area contributed by atoms with Crippen LogP contribution in [0.2, 0.25) is 5.28 Å². The Morgan fingerprint density at radius 1 is 1.16 bits per heavy atom. The average molecular weight is 379 g/mol. The monoisotopic (exact) mass is 378 g/mol. The van der Waals surface area contributed by atoms with Gasteiger partial charge in [-0.3, -0.25) is 4.79 Å². The molecule has 9 heteroatoms. The van der Waals surface area contributed by atoms with Crippen LogP contribution in [0, 0.1) is 6.92 Å². The molecule has 130 valence electrons. The number of hydrogen-bond donors (Lipinski definition) is 1. The Balaban J connectivity index is 2.12. The van der Waals surface area contributed by atoms with E-state index in [9.17, 15) is 4.79 Å². The Labute approximate surface area is 153 Å². The molecule has 0 aliphatic rings. The van der Waals surface area contributed by atoms with E-state index in [1.807, 2.05) is 0 Å². The second-order valence-electron chi connectivity index (χ2n) is 5.18. The van der Waals surface area contributed by atoms with Crippen molar-refractivity contribution in [1.29, 1.82) is 0 Å². The molecule has 0 aliphatic carbocycles. The van der Waals surface area contributed by atoms with Gasteiger partial charge in [-0.25, -0.2) is 9.97 Å². The summed E-state index contributed by atoms with van der Waals surface area (Å²) < 4.78 is 10.6. The first kappa shape index (κ1) is 17.4. The van der Waals surface area contributed by atoms with Crippen molar-refractivity contribution in [2.45, 2.75) is 13.8 Å². The molecule has 25 heavy (non-hydrogen) atoms. The minimum Gasteiger partial charge on any atom is -0.493 e. The molecular weight excluding hydrogens is 364 g/mol. The van der Waals surface area contributed by atoms with E-state index in [0.717, 1.165) is 0 Å². The third-order valence-electron chi connectivity index (χ3n) is 3.52. The summed E-state index contributed by atoms with van der Waals surface area (Å²) in [5.74, 6) is 1.53. The number of ether oxygens (including phenoxy) is 2. The maximum absolute atomic E-state index is 11.6. The molecule has 1 aromatic carbocycles. The number of carbonyl (C=O) groups is 1. The number of nitrogens with one attached hydrogen (secondary N) is 1. The number of ketones is 1. The average Bonchev–Trinajstić information content (AvgIpc) is 2.94. The zero-order valence-electron chi connectivity index (χ0n) is 14.0. The number of fused-ring (bicyclic) bond motifs is 1. The van der Waals surface area contributed by atoms with E-state index in [2.05, 4.69) is 20.3 Å². The maximum atomic E-state index is 11.6. The SMILES string of the molecule is COc1cc2nc(Cl)nc(Nc3nc(C)c(C(C)=O)s3)c2cc1OC. The molecule has 0 spiro atoms. The number of thiazole rings is 1. The molecule has 0 atom stereocenters. The normalized spacial score (nSPS) is 10.8. The number of anilines is 2. The first-order valence-electron chi connectivity index (χ1n) is 7.27. The van der Waals surface area contributed by atoms with Crippen LogP contribution in [0.1, 0.15) is 22.3 Å². The van der Waals surface area contributed by atoms with Gasteiger partial charge in [0, 0.05) is 18.4 Å². The fourth-order valence-corrected chi connectivity index (χ4v) is 3.44. The Bertz CT molecular complexity index is 974. The highest BCUT2D eigenvalue weighted by Gasteiger charge is 2.16. The van der Waals surface area contributed by atoms with Gasteiger partial charge in [0.15, 0.2) is 22.4 Å². The topological polar surface area (TPSA) is 86.2 Å². The zero-order chi connectivity index (χ0) is 18.1. The summed E-state index contributed by atoms with van der Waals surface area (Å²) in [6.07, 6.45) is 0. The maximum Gasteiger partial charge on any atom is 0.224 e. The Morgan fingerprint density at radius 2 is 1.84 bits per heavy atom. The van der Waals surface area contributed by atoms with Gasteiger partial charge in [-0.05, 0) is 24.6 Å². The van der Waals surface area contributed by atoms with Gasteiger partial charge in [0.25, 0.3) is 0 Å². The number of nitrogens with zero attached hydrogens (tertiary/aromatic N) is 3. The van der Waals surface area contributed by atoms with Crippen LogP contribution in [-0.2, 0) is 0 Å². The number of carbonyl (C=O) groups excluding carboxylic acids is 1. The van der Waals surface area contributed by atoms with Crippen LogP contribution in [0.25, 0.3) is 10.9 Å². The van der Waals surface area contributed by atoms with Crippen LogP contribution in [0.4, 0.5) is 10.9 Å². The van der Waals surface area contributed by atoms with Crippen LogP contribution in [-0.4, -0.2) is 35.0 Å². The predicted octanol–water partition coefficient (Wildman–Crippen LogP) is 4.01. The molecule has 0 radical (unpaired) electrons. The molecule has 0 fully saturated rings. The standard InChI is InChI=1S/C16H15ClN4O3S/c1-7-13(8(2)22)25-16(18-7)21-14-9-5-11(23-3)12(24-4)6-10(9)19-15(17)20-14/h5-6H,1-4H3,(H,18,19,20,21). The van der Waals surface area contributed by atoms with E-state index in [-0.39, 0.29) is 11.1 Å². The van der Waals surface area contributed by atoms with Crippen LogP contribution < -0.4 is 14.8 Å². The van der Waals surface area contributed by atoms with Gasteiger partial charge < -0.3 is 14.8 Å². The van der Waals surface area contributed by atoms with Crippen molar-refractivity contribution in [3.8, 4) is 11.5 Å². The van der Waals surface area contributed by atoms with Gasteiger partial charge in [0.2, 0.25) is 5.28 Å². The lowest BCUT2D eigenvalue weighted by Crippen LogP contribution is -1.99. The highest BCUT2D eigenvalue weighted by Crippen LogP contribution is 2.36. The summed E-state index contributed by atoms with van der Waals surface area (Å²) in [5, 5.41) is 4.44. The molecule has 1 N–H and O–H groups in total. The van der Waals surface area contributed by atoms with E-state index >= 15 is 0 Å². The summed E-state index contributed by atoms with van der Waals surface area (Å²) in [7, 11) is 3.10. The van der Waals surface area contributed by atoms with Crippen LogP contribution in [0.3, 0.4) is 0 Å². The smallest absolute Gasteiger partial charge is 0.224 e. The Hall–Kier alpha value is -2.45. The predicted molar refractivity (Wildman–Crippen MR) is 97.8 cm³/mol. The van der Waals surface area contributed by atoms with Crippen LogP contribution >= 0.6 is 22.9 Å². The van der Waals surface area contributed by atoms with E-state index in [1.165, 1.54) is 18.3 Å². The number of benzene rings is 1. The lowest BCUT2D eigenvalue weighted by atomic mass is 10.2. The highest BCUT2D eigenvalue weighted by atomic mass is 35.5. The number of methoxy groups -OCH3 is 2. The zero-order valence-corrected chi connectivity index (χ0v) is 15.6. The van der Waals surface area contributed by atoms with E-state index in [0.29, 0.717) is 43.9 Å². The third-order valence-corrected chi connectivity index (χ3v) is 4.86.